The highest BCUT2D eigenvalue weighted by molar-refractivity contribution is 5.93. The molecule has 0 amide bonds. The zero-order chi connectivity index (χ0) is 23.6. The first-order chi connectivity index (χ1) is 17.2. The summed E-state index contributed by atoms with van der Waals surface area (Å²) < 4.78 is 5.46. The molecule has 0 unspecified atom stereocenters. The fourth-order valence-electron chi connectivity index (χ4n) is 5.00. The molecule has 2 aromatic carbocycles. The summed E-state index contributed by atoms with van der Waals surface area (Å²) in [4.78, 5) is 11.9. The van der Waals surface area contributed by atoms with E-state index in [0.717, 1.165) is 86.9 Å². The second kappa shape index (κ2) is 9.77. The minimum atomic E-state index is 0.746. The van der Waals surface area contributed by atoms with Crippen LogP contribution in [0.25, 0.3) is 33.4 Å². The van der Waals surface area contributed by atoms with Crippen molar-refractivity contribution in [2.24, 2.45) is 0 Å². The van der Waals surface area contributed by atoms with E-state index in [1.54, 1.807) is 0 Å². The molecule has 2 fully saturated rings. The van der Waals surface area contributed by atoms with Gasteiger partial charge < -0.3 is 14.5 Å². The predicted molar refractivity (Wildman–Crippen MR) is 141 cm³/mol. The maximum atomic E-state index is 5.46. The summed E-state index contributed by atoms with van der Waals surface area (Å²) in [5.41, 5.74) is 7.77. The van der Waals surface area contributed by atoms with Crippen LogP contribution in [0, 0.1) is 0 Å². The number of H-pyrrole nitrogens is 1. The topological polar surface area (TPSA) is 60.5 Å². The van der Waals surface area contributed by atoms with Gasteiger partial charge in [-0.1, -0.05) is 36.4 Å². The van der Waals surface area contributed by atoms with E-state index in [0.29, 0.717) is 0 Å². The lowest BCUT2D eigenvalue weighted by atomic mass is 10.0. The Kier molecular flexibility index (Phi) is 6.21. The number of nitrogens with one attached hydrogen (secondary N) is 1. The van der Waals surface area contributed by atoms with Gasteiger partial charge in [-0.15, -0.1) is 0 Å². The highest BCUT2D eigenvalue weighted by Crippen LogP contribution is 2.30. The third-order valence-electron chi connectivity index (χ3n) is 7.23. The number of hydrogen-bond donors (Lipinski definition) is 1. The summed E-state index contributed by atoms with van der Waals surface area (Å²) in [6.45, 7) is 8.98. The molecule has 2 aliphatic heterocycles. The Balaban J connectivity index is 1.22. The molecule has 2 aromatic heterocycles. The molecule has 4 aromatic rings. The molecule has 6 rings (SSSR count). The van der Waals surface area contributed by atoms with Gasteiger partial charge in [0.25, 0.3) is 0 Å². The van der Waals surface area contributed by atoms with E-state index in [2.05, 4.69) is 91.5 Å². The lowest BCUT2D eigenvalue weighted by molar-refractivity contribution is 0.0342. The number of benzene rings is 2. The molecular weight excluding hydrogens is 436 g/mol. The molecule has 35 heavy (non-hydrogen) atoms. The SMILES string of the molecule is CN1CCN(c2ccc(-c3cnc4n[nH]c(-c5ccc(CN6CCOCC6)cc5)c4c3)cc2)CC1. The minimum Gasteiger partial charge on any atom is -0.379 e. The maximum Gasteiger partial charge on any atom is 0.181 e. The van der Waals surface area contributed by atoms with E-state index in [4.69, 9.17) is 4.74 Å². The van der Waals surface area contributed by atoms with Gasteiger partial charge in [-0.3, -0.25) is 10.00 Å². The number of fused-ring (bicyclic) bond motifs is 1. The van der Waals surface area contributed by atoms with E-state index < -0.39 is 0 Å². The van der Waals surface area contributed by atoms with Crippen molar-refractivity contribution in [3.05, 3.63) is 66.4 Å². The van der Waals surface area contributed by atoms with E-state index >= 15 is 0 Å². The average Bonchev–Trinajstić information content (AvgIpc) is 3.34. The van der Waals surface area contributed by atoms with Gasteiger partial charge in [-0.2, -0.15) is 5.10 Å². The Morgan fingerprint density at radius 3 is 2.29 bits per heavy atom. The van der Waals surface area contributed by atoms with E-state index in [1.165, 1.54) is 16.8 Å². The number of likely N-dealkylation sites (N-methyl/N-ethyl adjacent to an activating group) is 1. The van der Waals surface area contributed by atoms with Crippen molar-refractivity contribution in [3.63, 3.8) is 0 Å². The Bertz CT molecular complexity index is 1270. The van der Waals surface area contributed by atoms with E-state index in [9.17, 15) is 0 Å². The van der Waals surface area contributed by atoms with Crippen molar-refractivity contribution < 1.29 is 4.74 Å². The van der Waals surface area contributed by atoms with Crippen molar-refractivity contribution in [3.8, 4) is 22.4 Å². The van der Waals surface area contributed by atoms with Gasteiger partial charge >= 0.3 is 0 Å². The standard InChI is InChI=1S/C28H32N6O/c1-32-10-12-34(13-11-32)25-8-6-22(7-9-25)24-18-26-27(30-31-28(26)29-19-24)23-4-2-21(3-5-23)20-33-14-16-35-17-15-33/h2-9,18-19H,10-17,20H2,1H3,(H,29,30,31). The van der Waals surface area contributed by atoms with Crippen LogP contribution in [0.2, 0.25) is 0 Å². The Morgan fingerprint density at radius 1 is 0.829 bits per heavy atom. The van der Waals surface area contributed by atoms with Gasteiger partial charge in [-0.25, -0.2) is 4.98 Å². The number of aromatic nitrogens is 3. The van der Waals surface area contributed by atoms with Crippen LogP contribution >= 0.6 is 0 Å². The first-order valence-electron chi connectivity index (χ1n) is 12.5. The van der Waals surface area contributed by atoms with Crippen LogP contribution < -0.4 is 4.90 Å². The molecule has 7 heteroatoms. The molecule has 180 valence electrons. The fourth-order valence-corrected chi connectivity index (χ4v) is 5.00. The number of hydrogen-bond acceptors (Lipinski definition) is 6. The van der Waals surface area contributed by atoms with Crippen molar-refractivity contribution in [1.82, 2.24) is 25.0 Å². The van der Waals surface area contributed by atoms with Crippen molar-refractivity contribution in [2.75, 3.05) is 64.4 Å². The second-order valence-electron chi connectivity index (χ2n) is 9.62. The molecule has 1 N–H and O–H groups in total. The van der Waals surface area contributed by atoms with Crippen LogP contribution in [0.15, 0.2) is 60.8 Å². The molecule has 2 saturated heterocycles. The van der Waals surface area contributed by atoms with Gasteiger partial charge in [0.2, 0.25) is 0 Å². The zero-order valence-electron chi connectivity index (χ0n) is 20.3. The molecule has 0 bridgehead atoms. The van der Waals surface area contributed by atoms with Gasteiger partial charge in [-0.05, 0) is 36.4 Å². The monoisotopic (exact) mass is 468 g/mol. The van der Waals surface area contributed by atoms with Crippen LogP contribution in [-0.4, -0.2) is 84.5 Å². The van der Waals surface area contributed by atoms with Crippen molar-refractivity contribution in [1.29, 1.82) is 0 Å². The maximum absolute atomic E-state index is 5.46. The van der Waals surface area contributed by atoms with Gasteiger partial charge in [0.15, 0.2) is 5.65 Å². The minimum absolute atomic E-state index is 0.746. The molecule has 0 atom stereocenters. The average molecular weight is 469 g/mol. The second-order valence-corrected chi connectivity index (χ2v) is 9.62. The molecule has 4 heterocycles. The highest BCUT2D eigenvalue weighted by atomic mass is 16.5. The first-order valence-corrected chi connectivity index (χ1v) is 12.5. The van der Waals surface area contributed by atoms with Crippen LogP contribution in [0.3, 0.4) is 0 Å². The lowest BCUT2D eigenvalue weighted by Gasteiger charge is -2.34. The number of nitrogens with zero attached hydrogens (tertiary/aromatic N) is 5. The molecule has 0 saturated carbocycles. The number of morpholine rings is 1. The molecule has 7 nitrogen and oxygen atoms in total. The molecule has 0 spiro atoms. The normalized spacial score (nSPS) is 17.8. The largest absolute Gasteiger partial charge is 0.379 e. The quantitative estimate of drug-likeness (QED) is 0.480. The molecule has 0 radical (unpaired) electrons. The number of rotatable bonds is 5. The van der Waals surface area contributed by atoms with Crippen molar-refractivity contribution >= 4 is 16.7 Å². The number of piperazine rings is 1. The summed E-state index contributed by atoms with van der Waals surface area (Å²) in [5, 5.41) is 8.72. The number of ether oxygens (including phenoxy) is 1. The zero-order valence-corrected chi connectivity index (χ0v) is 20.3. The molecule has 0 aliphatic carbocycles. The Hall–Kier alpha value is -3.26. The summed E-state index contributed by atoms with van der Waals surface area (Å²) in [6, 6.07) is 19.9. The fraction of sp³-hybridized carbons (Fsp3) is 0.357. The van der Waals surface area contributed by atoms with Crippen LogP contribution in [0.4, 0.5) is 5.69 Å². The number of pyridine rings is 1. The third kappa shape index (κ3) is 4.80. The lowest BCUT2D eigenvalue weighted by Crippen LogP contribution is -2.44. The Morgan fingerprint density at radius 2 is 1.54 bits per heavy atom. The molecular formula is C28H32N6O. The number of aromatic amines is 1. The van der Waals surface area contributed by atoms with Crippen LogP contribution in [0.1, 0.15) is 5.56 Å². The smallest absolute Gasteiger partial charge is 0.181 e. The van der Waals surface area contributed by atoms with E-state index in [-0.39, 0.29) is 0 Å². The number of anilines is 1. The summed E-state index contributed by atoms with van der Waals surface area (Å²) in [6.07, 6.45) is 1.92. The summed E-state index contributed by atoms with van der Waals surface area (Å²) in [7, 11) is 2.19. The highest BCUT2D eigenvalue weighted by Gasteiger charge is 2.15. The van der Waals surface area contributed by atoms with Gasteiger partial charge in [0.1, 0.15) is 0 Å². The molecule has 2 aliphatic rings. The predicted octanol–water partition coefficient (Wildman–Crippen LogP) is 3.88. The van der Waals surface area contributed by atoms with E-state index in [1.807, 2.05) is 6.20 Å². The summed E-state index contributed by atoms with van der Waals surface area (Å²) >= 11 is 0. The Labute approximate surface area is 206 Å². The summed E-state index contributed by atoms with van der Waals surface area (Å²) in [5.74, 6) is 0. The third-order valence-corrected chi connectivity index (χ3v) is 7.23. The van der Waals surface area contributed by atoms with Crippen LogP contribution in [0.5, 0.6) is 0 Å². The van der Waals surface area contributed by atoms with Crippen LogP contribution in [-0.2, 0) is 11.3 Å². The van der Waals surface area contributed by atoms with Crippen molar-refractivity contribution in [2.45, 2.75) is 6.54 Å². The van der Waals surface area contributed by atoms with Gasteiger partial charge in [0, 0.05) is 74.2 Å². The van der Waals surface area contributed by atoms with Gasteiger partial charge in [0.05, 0.1) is 18.9 Å². The first kappa shape index (κ1) is 22.2.